The Hall–Kier alpha value is -3.53. The standard InChI is InChI=1S/C23H18N2O2/c1-16-11-13-17(14-12-16)22(27-23(26)18-7-3-2-4-8-18)21-20-10-6-5-9-19(20)15-24-25-21/h2-15,22H,1H3. The summed E-state index contributed by atoms with van der Waals surface area (Å²) in [6.45, 7) is 2.02. The molecule has 4 rings (SSSR count). The van der Waals surface area contributed by atoms with Crippen LogP contribution in [0.5, 0.6) is 0 Å². The Morgan fingerprint density at radius 2 is 1.59 bits per heavy atom. The Labute approximate surface area is 157 Å². The average molecular weight is 354 g/mol. The Kier molecular flexibility index (Phi) is 4.62. The molecule has 0 aliphatic rings. The number of benzene rings is 3. The summed E-state index contributed by atoms with van der Waals surface area (Å²) in [7, 11) is 0. The molecule has 1 atom stereocenters. The number of fused-ring (bicyclic) bond motifs is 1. The molecule has 0 saturated carbocycles. The van der Waals surface area contributed by atoms with Gasteiger partial charge in [-0.25, -0.2) is 4.79 Å². The van der Waals surface area contributed by atoms with Gasteiger partial charge in [-0.3, -0.25) is 0 Å². The maximum Gasteiger partial charge on any atom is 0.339 e. The predicted molar refractivity (Wildman–Crippen MR) is 104 cm³/mol. The van der Waals surface area contributed by atoms with Gasteiger partial charge in [0, 0.05) is 10.8 Å². The number of esters is 1. The van der Waals surface area contributed by atoms with Crippen molar-refractivity contribution in [2.24, 2.45) is 0 Å². The second kappa shape index (κ2) is 7.38. The summed E-state index contributed by atoms with van der Waals surface area (Å²) in [4.78, 5) is 12.7. The van der Waals surface area contributed by atoms with E-state index in [4.69, 9.17) is 4.74 Å². The molecule has 0 aliphatic heterocycles. The molecule has 132 valence electrons. The number of hydrogen-bond acceptors (Lipinski definition) is 4. The Balaban J connectivity index is 1.80. The van der Waals surface area contributed by atoms with Gasteiger partial charge in [0.1, 0.15) is 5.69 Å². The monoisotopic (exact) mass is 354 g/mol. The van der Waals surface area contributed by atoms with Crippen molar-refractivity contribution in [2.45, 2.75) is 13.0 Å². The van der Waals surface area contributed by atoms with Crippen LogP contribution in [0, 0.1) is 6.92 Å². The number of carbonyl (C=O) groups excluding carboxylic acids is 1. The molecule has 0 N–H and O–H groups in total. The van der Waals surface area contributed by atoms with E-state index in [2.05, 4.69) is 10.2 Å². The highest BCUT2D eigenvalue weighted by Gasteiger charge is 2.24. The first-order valence-electron chi connectivity index (χ1n) is 8.75. The summed E-state index contributed by atoms with van der Waals surface area (Å²) < 4.78 is 5.92. The summed E-state index contributed by atoms with van der Waals surface area (Å²) in [5.41, 5.74) is 3.12. The van der Waals surface area contributed by atoms with Crippen molar-refractivity contribution in [3.05, 3.63) is 107 Å². The zero-order chi connectivity index (χ0) is 18.6. The van der Waals surface area contributed by atoms with E-state index in [0.29, 0.717) is 11.3 Å². The van der Waals surface area contributed by atoms with Gasteiger partial charge in [0.05, 0.1) is 11.8 Å². The van der Waals surface area contributed by atoms with E-state index >= 15 is 0 Å². The normalized spacial score (nSPS) is 11.9. The first-order valence-corrected chi connectivity index (χ1v) is 8.75. The van der Waals surface area contributed by atoms with Gasteiger partial charge in [0.25, 0.3) is 0 Å². The number of aromatic nitrogens is 2. The van der Waals surface area contributed by atoms with Crippen LogP contribution in [0.4, 0.5) is 0 Å². The number of ether oxygens (including phenoxy) is 1. The van der Waals surface area contributed by atoms with Crippen LogP contribution in [-0.2, 0) is 4.74 Å². The molecule has 0 bridgehead atoms. The van der Waals surface area contributed by atoms with Crippen LogP contribution in [-0.4, -0.2) is 16.2 Å². The highest BCUT2D eigenvalue weighted by atomic mass is 16.5. The van der Waals surface area contributed by atoms with Crippen LogP contribution in [0.25, 0.3) is 10.8 Å². The lowest BCUT2D eigenvalue weighted by Crippen LogP contribution is -2.15. The van der Waals surface area contributed by atoms with Gasteiger partial charge in [-0.15, -0.1) is 0 Å². The zero-order valence-electron chi connectivity index (χ0n) is 14.9. The summed E-state index contributed by atoms with van der Waals surface area (Å²) in [6, 6.07) is 24.7. The molecule has 0 fully saturated rings. The summed E-state index contributed by atoms with van der Waals surface area (Å²) >= 11 is 0. The van der Waals surface area contributed by atoms with Gasteiger partial charge < -0.3 is 4.74 Å². The molecule has 4 nitrogen and oxygen atoms in total. The lowest BCUT2D eigenvalue weighted by atomic mass is 10.0. The molecule has 4 heteroatoms. The first-order chi connectivity index (χ1) is 13.2. The van der Waals surface area contributed by atoms with Crippen molar-refractivity contribution < 1.29 is 9.53 Å². The van der Waals surface area contributed by atoms with Crippen LogP contribution in [0.2, 0.25) is 0 Å². The molecule has 4 aromatic rings. The quantitative estimate of drug-likeness (QED) is 0.490. The van der Waals surface area contributed by atoms with Crippen molar-refractivity contribution in [1.82, 2.24) is 10.2 Å². The third-order valence-corrected chi connectivity index (χ3v) is 4.46. The highest BCUT2D eigenvalue weighted by Crippen LogP contribution is 2.30. The van der Waals surface area contributed by atoms with E-state index in [1.54, 1.807) is 18.3 Å². The molecule has 3 aromatic carbocycles. The fraction of sp³-hybridized carbons (Fsp3) is 0.0870. The van der Waals surface area contributed by atoms with E-state index in [-0.39, 0.29) is 0 Å². The second-order valence-corrected chi connectivity index (χ2v) is 6.38. The number of nitrogens with zero attached hydrogens (tertiary/aromatic N) is 2. The van der Waals surface area contributed by atoms with Crippen molar-refractivity contribution in [3.63, 3.8) is 0 Å². The molecule has 0 spiro atoms. The number of carbonyl (C=O) groups is 1. The summed E-state index contributed by atoms with van der Waals surface area (Å²) in [5, 5.41) is 10.3. The average Bonchev–Trinajstić information content (AvgIpc) is 2.73. The number of rotatable bonds is 4. The fourth-order valence-corrected chi connectivity index (χ4v) is 3.02. The summed E-state index contributed by atoms with van der Waals surface area (Å²) in [5.74, 6) is -0.393. The molecular formula is C23H18N2O2. The smallest absolute Gasteiger partial charge is 0.339 e. The van der Waals surface area contributed by atoms with Crippen LogP contribution >= 0.6 is 0 Å². The summed E-state index contributed by atoms with van der Waals surface area (Å²) in [6.07, 6.45) is 1.07. The lowest BCUT2D eigenvalue weighted by molar-refractivity contribution is 0.0372. The van der Waals surface area contributed by atoms with Crippen molar-refractivity contribution in [3.8, 4) is 0 Å². The fourth-order valence-electron chi connectivity index (χ4n) is 3.02. The maximum atomic E-state index is 12.7. The van der Waals surface area contributed by atoms with Crippen LogP contribution in [0.15, 0.2) is 85.1 Å². The zero-order valence-corrected chi connectivity index (χ0v) is 14.9. The molecular weight excluding hydrogens is 336 g/mol. The van der Waals surface area contributed by atoms with Gasteiger partial charge >= 0.3 is 5.97 Å². The third kappa shape index (κ3) is 3.55. The SMILES string of the molecule is Cc1ccc(C(OC(=O)c2ccccc2)c2nncc3ccccc23)cc1. The minimum Gasteiger partial charge on any atom is -0.447 e. The predicted octanol–water partition coefficient (Wildman–Crippen LogP) is 4.88. The first kappa shape index (κ1) is 16.9. The molecule has 1 unspecified atom stereocenters. The molecule has 0 radical (unpaired) electrons. The maximum absolute atomic E-state index is 12.7. The second-order valence-electron chi connectivity index (χ2n) is 6.38. The van der Waals surface area contributed by atoms with E-state index in [0.717, 1.165) is 21.9 Å². The van der Waals surface area contributed by atoms with Crippen LogP contribution in [0.3, 0.4) is 0 Å². The lowest BCUT2D eigenvalue weighted by Gasteiger charge is -2.19. The van der Waals surface area contributed by atoms with Gasteiger partial charge in [-0.1, -0.05) is 72.3 Å². The molecule has 1 aromatic heterocycles. The van der Waals surface area contributed by atoms with E-state index in [1.807, 2.05) is 73.7 Å². The largest absolute Gasteiger partial charge is 0.447 e. The molecule has 0 saturated heterocycles. The Bertz CT molecular complexity index is 1070. The highest BCUT2D eigenvalue weighted by molar-refractivity contribution is 5.90. The van der Waals surface area contributed by atoms with Gasteiger partial charge in [-0.05, 0) is 24.6 Å². The van der Waals surface area contributed by atoms with Gasteiger partial charge in [-0.2, -0.15) is 10.2 Å². The van der Waals surface area contributed by atoms with E-state index < -0.39 is 12.1 Å². The van der Waals surface area contributed by atoms with Crippen molar-refractivity contribution >= 4 is 16.7 Å². The van der Waals surface area contributed by atoms with E-state index in [9.17, 15) is 4.79 Å². The minimum atomic E-state index is -0.642. The minimum absolute atomic E-state index is 0.393. The Morgan fingerprint density at radius 1 is 0.889 bits per heavy atom. The number of aryl methyl sites for hydroxylation is 1. The number of hydrogen-bond donors (Lipinski definition) is 0. The molecule has 0 amide bonds. The topological polar surface area (TPSA) is 52.1 Å². The van der Waals surface area contributed by atoms with Gasteiger partial charge in [0.2, 0.25) is 0 Å². The molecule has 1 heterocycles. The molecule has 27 heavy (non-hydrogen) atoms. The van der Waals surface area contributed by atoms with Crippen molar-refractivity contribution in [1.29, 1.82) is 0 Å². The molecule has 0 aliphatic carbocycles. The third-order valence-electron chi connectivity index (χ3n) is 4.46. The van der Waals surface area contributed by atoms with Gasteiger partial charge in [0.15, 0.2) is 6.10 Å². The van der Waals surface area contributed by atoms with Crippen LogP contribution in [0.1, 0.15) is 33.3 Å². The van der Waals surface area contributed by atoms with Crippen LogP contribution < -0.4 is 0 Å². The Morgan fingerprint density at radius 3 is 2.37 bits per heavy atom. The van der Waals surface area contributed by atoms with Crippen molar-refractivity contribution in [2.75, 3.05) is 0 Å². The van der Waals surface area contributed by atoms with E-state index in [1.165, 1.54) is 0 Å².